The first-order valence-corrected chi connectivity index (χ1v) is 9.26. The second-order valence-corrected chi connectivity index (χ2v) is 7.01. The monoisotopic (exact) mass is 363 g/mol. The predicted molar refractivity (Wildman–Crippen MR) is 105 cm³/mol. The molecule has 1 saturated heterocycles. The van der Waals surface area contributed by atoms with Crippen LogP contribution in [-0.4, -0.2) is 42.4 Å². The maximum Gasteiger partial charge on any atom is 0.127 e. The maximum atomic E-state index is 5.59. The summed E-state index contributed by atoms with van der Waals surface area (Å²) >= 11 is 0. The number of nitrogens with one attached hydrogen (secondary N) is 1. The van der Waals surface area contributed by atoms with Crippen LogP contribution in [-0.2, 0) is 6.54 Å². The molecule has 2 atom stereocenters. The van der Waals surface area contributed by atoms with Crippen molar-refractivity contribution in [1.82, 2.24) is 15.1 Å². The van der Waals surface area contributed by atoms with E-state index >= 15 is 0 Å². The number of ether oxygens (including phenoxy) is 2. The van der Waals surface area contributed by atoms with Gasteiger partial charge >= 0.3 is 0 Å². The van der Waals surface area contributed by atoms with Gasteiger partial charge in [0.1, 0.15) is 11.5 Å². The minimum atomic E-state index is 0.402. The van der Waals surface area contributed by atoms with Gasteiger partial charge in [-0.3, -0.25) is 10.00 Å². The number of hydrogen-bond donors (Lipinski definition) is 1. The number of likely N-dealkylation sites (tertiary alicyclic amines) is 1. The van der Waals surface area contributed by atoms with E-state index in [9.17, 15) is 0 Å². The van der Waals surface area contributed by atoms with E-state index in [0.717, 1.165) is 31.1 Å². The zero-order chi connectivity index (χ0) is 18.6. The van der Waals surface area contributed by atoms with Gasteiger partial charge in [0, 0.05) is 55.0 Å². The van der Waals surface area contributed by atoms with Crippen LogP contribution in [0.25, 0.3) is 0 Å². The normalized spacial score (nSPS) is 19.9. The Kier molecular flexibility index (Phi) is 5.12. The molecule has 2 aromatic carbocycles. The van der Waals surface area contributed by atoms with Crippen molar-refractivity contribution in [3.63, 3.8) is 0 Å². The summed E-state index contributed by atoms with van der Waals surface area (Å²) in [5.41, 5.74) is 3.75. The van der Waals surface area contributed by atoms with Crippen molar-refractivity contribution in [2.75, 3.05) is 27.3 Å². The van der Waals surface area contributed by atoms with Crippen molar-refractivity contribution >= 4 is 0 Å². The van der Waals surface area contributed by atoms with Gasteiger partial charge in [0.05, 0.1) is 14.2 Å². The number of methoxy groups -OCH3 is 2. The van der Waals surface area contributed by atoms with E-state index in [1.807, 2.05) is 18.3 Å². The van der Waals surface area contributed by atoms with Gasteiger partial charge in [0.15, 0.2) is 0 Å². The lowest BCUT2D eigenvalue weighted by Gasteiger charge is -2.18. The summed E-state index contributed by atoms with van der Waals surface area (Å²) in [7, 11) is 3.39. The lowest BCUT2D eigenvalue weighted by atomic mass is 9.87. The summed E-state index contributed by atoms with van der Waals surface area (Å²) in [6, 6.07) is 18.9. The highest BCUT2D eigenvalue weighted by Crippen LogP contribution is 2.40. The molecule has 0 radical (unpaired) electrons. The molecule has 0 bridgehead atoms. The minimum absolute atomic E-state index is 0.402. The summed E-state index contributed by atoms with van der Waals surface area (Å²) in [4.78, 5) is 2.49. The van der Waals surface area contributed by atoms with Crippen LogP contribution < -0.4 is 9.47 Å². The fourth-order valence-corrected chi connectivity index (χ4v) is 4.06. The molecule has 1 fully saturated rings. The molecular weight excluding hydrogens is 338 g/mol. The number of hydrogen-bond acceptors (Lipinski definition) is 4. The van der Waals surface area contributed by atoms with E-state index in [0.29, 0.717) is 11.8 Å². The zero-order valence-corrected chi connectivity index (χ0v) is 15.8. The molecule has 2 heterocycles. The highest BCUT2D eigenvalue weighted by Gasteiger charge is 2.35. The number of H-pyrrole nitrogens is 1. The largest absolute Gasteiger partial charge is 0.497 e. The van der Waals surface area contributed by atoms with E-state index < -0.39 is 0 Å². The van der Waals surface area contributed by atoms with Crippen LogP contribution in [0.1, 0.15) is 28.7 Å². The Morgan fingerprint density at radius 3 is 2.52 bits per heavy atom. The average Bonchev–Trinajstić information content (AvgIpc) is 3.38. The van der Waals surface area contributed by atoms with Gasteiger partial charge < -0.3 is 9.47 Å². The van der Waals surface area contributed by atoms with E-state index in [4.69, 9.17) is 9.47 Å². The second kappa shape index (κ2) is 7.84. The summed E-state index contributed by atoms with van der Waals surface area (Å²) < 4.78 is 10.9. The van der Waals surface area contributed by atoms with Crippen molar-refractivity contribution in [1.29, 1.82) is 0 Å². The predicted octanol–water partition coefficient (Wildman–Crippen LogP) is 3.81. The van der Waals surface area contributed by atoms with E-state index in [1.54, 1.807) is 14.2 Å². The lowest BCUT2D eigenvalue weighted by molar-refractivity contribution is 0.313. The standard InChI is InChI=1S/C22H25N3O2/c1-26-18-9-8-17(22(12-18)27-2)13-25-14-19(16-6-4-3-5-7-16)20(15-25)21-10-11-23-24-21/h3-12,19-20H,13-15H2,1-2H3,(H,23,24)/t19-,20+/m0/s1. The van der Waals surface area contributed by atoms with Crippen molar-refractivity contribution in [3.05, 3.63) is 77.6 Å². The van der Waals surface area contributed by atoms with Crippen molar-refractivity contribution in [3.8, 4) is 11.5 Å². The number of nitrogens with zero attached hydrogens (tertiary/aromatic N) is 2. The third-order valence-electron chi connectivity index (χ3n) is 5.43. The second-order valence-electron chi connectivity index (χ2n) is 7.01. The van der Waals surface area contributed by atoms with Crippen molar-refractivity contribution < 1.29 is 9.47 Å². The Morgan fingerprint density at radius 2 is 1.81 bits per heavy atom. The van der Waals surface area contributed by atoms with E-state index in [2.05, 4.69) is 57.6 Å². The Morgan fingerprint density at radius 1 is 1.00 bits per heavy atom. The number of aromatic nitrogens is 2. The molecule has 5 heteroatoms. The van der Waals surface area contributed by atoms with Crippen molar-refractivity contribution in [2.24, 2.45) is 0 Å². The molecule has 0 spiro atoms. The maximum absolute atomic E-state index is 5.59. The molecule has 0 saturated carbocycles. The molecule has 5 nitrogen and oxygen atoms in total. The summed E-state index contributed by atoms with van der Waals surface area (Å²) in [6.45, 7) is 2.83. The zero-order valence-electron chi connectivity index (χ0n) is 15.8. The van der Waals surface area contributed by atoms with Gasteiger partial charge in [-0.05, 0) is 17.7 Å². The third-order valence-corrected chi connectivity index (χ3v) is 5.43. The molecule has 0 amide bonds. The Hall–Kier alpha value is -2.79. The van der Waals surface area contributed by atoms with Crippen LogP contribution in [0.15, 0.2) is 60.8 Å². The van der Waals surface area contributed by atoms with Crippen LogP contribution in [0.2, 0.25) is 0 Å². The highest BCUT2D eigenvalue weighted by atomic mass is 16.5. The van der Waals surface area contributed by atoms with Gasteiger partial charge in [-0.25, -0.2) is 0 Å². The highest BCUT2D eigenvalue weighted by molar-refractivity contribution is 5.41. The third kappa shape index (κ3) is 3.69. The van der Waals surface area contributed by atoms with Gasteiger partial charge in [0.25, 0.3) is 0 Å². The van der Waals surface area contributed by atoms with Crippen LogP contribution in [0.4, 0.5) is 0 Å². The SMILES string of the molecule is COc1ccc(CN2C[C@@H](c3ccccc3)[C@H](c3ccn[nH]3)C2)c(OC)c1. The molecule has 1 aliphatic rings. The van der Waals surface area contributed by atoms with Gasteiger partial charge in [-0.2, -0.15) is 5.10 Å². The topological polar surface area (TPSA) is 50.4 Å². The quantitative estimate of drug-likeness (QED) is 0.724. The number of rotatable bonds is 6. The molecule has 3 aromatic rings. The van der Waals surface area contributed by atoms with Crippen LogP contribution >= 0.6 is 0 Å². The van der Waals surface area contributed by atoms with Gasteiger partial charge in [0.2, 0.25) is 0 Å². The summed E-state index contributed by atoms with van der Waals surface area (Å²) in [5.74, 6) is 2.53. The summed E-state index contributed by atoms with van der Waals surface area (Å²) in [5, 5.41) is 7.36. The smallest absolute Gasteiger partial charge is 0.127 e. The fraction of sp³-hybridized carbons (Fsp3) is 0.318. The molecule has 140 valence electrons. The Bertz CT molecular complexity index is 865. The molecular formula is C22H25N3O2. The van der Waals surface area contributed by atoms with Gasteiger partial charge in [-0.1, -0.05) is 36.4 Å². The molecule has 0 unspecified atom stereocenters. The van der Waals surface area contributed by atoms with E-state index in [-0.39, 0.29) is 0 Å². The average molecular weight is 363 g/mol. The van der Waals surface area contributed by atoms with Crippen LogP contribution in [0.3, 0.4) is 0 Å². The van der Waals surface area contributed by atoms with Crippen LogP contribution in [0.5, 0.6) is 11.5 Å². The first-order valence-electron chi connectivity index (χ1n) is 9.26. The Balaban J connectivity index is 1.58. The molecule has 0 aliphatic carbocycles. The lowest BCUT2D eigenvalue weighted by Crippen LogP contribution is -2.20. The first-order chi connectivity index (χ1) is 13.3. The molecule has 27 heavy (non-hydrogen) atoms. The number of benzene rings is 2. The Labute approximate surface area is 159 Å². The van der Waals surface area contributed by atoms with Crippen molar-refractivity contribution in [2.45, 2.75) is 18.4 Å². The molecule has 4 rings (SSSR count). The van der Waals surface area contributed by atoms with Crippen LogP contribution in [0, 0.1) is 0 Å². The first kappa shape index (κ1) is 17.6. The van der Waals surface area contributed by atoms with E-state index in [1.165, 1.54) is 16.8 Å². The fourth-order valence-electron chi connectivity index (χ4n) is 4.06. The number of aromatic amines is 1. The summed E-state index contributed by atoms with van der Waals surface area (Å²) in [6.07, 6.45) is 1.84. The molecule has 1 aliphatic heterocycles. The minimum Gasteiger partial charge on any atom is -0.497 e. The van der Waals surface area contributed by atoms with Gasteiger partial charge in [-0.15, -0.1) is 0 Å². The molecule has 1 N–H and O–H groups in total. The molecule has 1 aromatic heterocycles.